The summed E-state index contributed by atoms with van der Waals surface area (Å²) in [6.45, 7) is 4.30. The van der Waals surface area contributed by atoms with Crippen LogP contribution in [0.5, 0.6) is 0 Å². The van der Waals surface area contributed by atoms with Crippen LogP contribution in [0.4, 0.5) is 0 Å². The third-order valence-corrected chi connectivity index (χ3v) is 4.39. The highest BCUT2D eigenvalue weighted by Crippen LogP contribution is 2.15. The summed E-state index contributed by atoms with van der Waals surface area (Å²) in [5.41, 5.74) is 1.10. The topological polar surface area (TPSA) is 98.9 Å². The first kappa shape index (κ1) is 19.2. The van der Waals surface area contributed by atoms with Gasteiger partial charge in [0.2, 0.25) is 5.91 Å². The van der Waals surface area contributed by atoms with E-state index in [0.29, 0.717) is 18.2 Å². The molecule has 2 amide bonds. The Morgan fingerprint density at radius 3 is 2.92 bits per heavy atom. The van der Waals surface area contributed by atoms with Crippen molar-refractivity contribution >= 4 is 35.1 Å². The molecule has 1 aliphatic heterocycles. The maximum Gasteiger partial charge on any atom is 0.273 e. The zero-order valence-corrected chi connectivity index (χ0v) is 15.0. The molecule has 2 unspecified atom stereocenters. The fraction of sp³-hybridized carbons (Fsp3) is 0.471. The minimum absolute atomic E-state index is 0. The van der Waals surface area contributed by atoms with Gasteiger partial charge in [-0.25, -0.2) is 0 Å². The molecule has 8 heteroatoms. The lowest BCUT2D eigenvalue weighted by molar-refractivity contribution is -0.122. The lowest BCUT2D eigenvalue weighted by Gasteiger charge is -2.23. The minimum Gasteiger partial charge on any atom is -0.354 e. The second-order valence-corrected chi connectivity index (χ2v) is 6.27. The number of halogens is 1. The van der Waals surface area contributed by atoms with Crippen molar-refractivity contribution in [2.24, 2.45) is 5.92 Å². The molecule has 0 saturated carbocycles. The molecule has 7 nitrogen and oxygen atoms in total. The summed E-state index contributed by atoms with van der Waals surface area (Å²) < 4.78 is 0. The Bertz CT molecular complexity index is 727. The lowest BCUT2D eigenvalue weighted by atomic mass is 10.00. The van der Waals surface area contributed by atoms with Crippen LogP contribution in [0.1, 0.15) is 30.3 Å². The van der Waals surface area contributed by atoms with E-state index in [1.165, 1.54) is 0 Å². The number of nitrogens with zero attached hydrogens (tertiary/aromatic N) is 1. The van der Waals surface area contributed by atoms with Crippen LogP contribution in [-0.4, -0.2) is 47.7 Å². The number of hydrogen-bond acceptors (Lipinski definition) is 4. The molecule has 1 aromatic heterocycles. The molecular weight excluding hydrogens is 342 g/mol. The molecule has 2 atom stereocenters. The van der Waals surface area contributed by atoms with Crippen molar-refractivity contribution in [1.82, 2.24) is 26.1 Å². The number of para-hydroxylation sites is 1. The number of aromatic nitrogens is 2. The van der Waals surface area contributed by atoms with Crippen molar-refractivity contribution < 1.29 is 9.59 Å². The summed E-state index contributed by atoms with van der Waals surface area (Å²) in [5.74, 6) is -0.0657. The van der Waals surface area contributed by atoms with Gasteiger partial charge in [0.25, 0.3) is 5.91 Å². The molecule has 1 aromatic carbocycles. The standard InChI is InChI=1S/C17H23N5O2.ClH/c1-11(16(23)19-10-12-5-4-8-18-9-12)20-17(24)15-13-6-2-3-7-14(13)21-22-15;/h2-3,6-7,11-12,18H,4-5,8-10H2,1H3,(H,19,23)(H,20,24)(H,21,22);1H. The minimum atomic E-state index is -0.607. The van der Waals surface area contributed by atoms with Crippen molar-refractivity contribution in [2.75, 3.05) is 19.6 Å². The molecule has 1 fully saturated rings. The second kappa shape index (κ2) is 8.82. The molecule has 0 radical (unpaired) electrons. The summed E-state index contributed by atoms with van der Waals surface area (Å²) in [5, 5.41) is 16.6. The summed E-state index contributed by atoms with van der Waals surface area (Å²) in [6, 6.07) is 6.80. The lowest BCUT2D eigenvalue weighted by Crippen LogP contribution is -2.47. The molecule has 1 aliphatic rings. The van der Waals surface area contributed by atoms with Crippen LogP contribution >= 0.6 is 12.4 Å². The number of carbonyl (C=O) groups excluding carboxylic acids is 2. The molecule has 0 aliphatic carbocycles. The molecule has 2 aromatic rings. The Balaban J connectivity index is 0.00000225. The van der Waals surface area contributed by atoms with E-state index in [1.807, 2.05) is 24.3 Å². The quantitative estimate of drug-likeness (QED) is 0.640. The normalized spacial score (nSPS) is 18.2. The van der Waals surface area contributed by atoms with Gasteiger partial charge in [0.1, 0.15) is 6.04 Å². The SMILES string of the molecule is CC(NC(=O)c1n[nH]c2ccccc12)C(=O)NCC1CCCNC1.Cl. The van der Waals surface area contributed by atoms with Crippen molar-refractivity contribution in [3.63, 3.8) is 0 Å². The number of amides is 2. The molecule has 3 rings (SSSR count). The molecule has 25 heavy (non-hydrogen) atoms. The van der Waals surface area contributed by atoms with Crippen LogP contribution in [0.3, 0.4) is 0 Å². The van der Waals surface area contributed by atoms with E-state index in [2.05, 4.69) is 26.1 Å². The number of nitrogens with one attached hydrogen (secondary N) is 4. The summed E-state index contributed by atoms with van der Waals surface area (Å²) in [4.78, 5) is 24.5. The number of H-pyrrole nitrogens is 1. The highest BCUT2D eigenvalue weighted by Gasteiger charge is 2.21. The van der Waals surface area contributed by atoms with E-state index >= 15 is 0 Å². The second-order valence-electron chi connectivity index (χ2n) is 6.27. The van der Waals surface area contributed by atoms with E-state index in [-0.39, 0.29) is 24.2 Å². The van der Waals surface area contributed by atoms with Crippen molar-refractivity contribution in [2.45, 2.75) is 25.8 Å². The summed E-state index contributed by atoms with van der Waals surface area (Å²) in [7, 11) is 0. The van der Waals surface area contributed by atoms with E-state index in [1.54, 1.807) is 6.92 Å². The van der Waals surface area contributed by atoms with Crippen LogP contribution in [0.25, 0.3) is 10.9 Å². The smallest absolute Gasteiger partial charge is 0.273 e. The van der Waals surface area contributed by atoms with Crippen molar-refractivity contribution in [1.29, 1.82) is 0 Å². The number of benzene rings is 1. The molecule has 4 N–H and O–H groups in total. The number of aromatic amines is 1. The van der Waals surface area contributed by atoms with Gasteiger partial charge in [-0.15, -0.1) is 12.4 Å². The summed E-state index contributed by atoms with van der Waals surface area (Å²) >= 11 is 0. The molecule has 1 saturated heterocycles. The monoisotopic (exact) mass is 365 g/mol. The fourth-order valence-electron chi connectivity index (χ4n) is 2.96. The van der Waals surface area contributed by atoms with Gasteiger partial charge in [0, 0.05) is 11.9 Å². The van der Waals surface area contributed by atoms with Gasteiger partial charge in [-0.2, -0.15) is 5.10 Å². The van der Waals surface area contributed by atoms with E-state index in [4.69, 9.17) is 0 Å². The number of rotatable bonds is 5. The molecular formula is C17H24ClN5O2. The molecule has 0 spiro atoms. The van der Waals surface area contributed by atoms with Crippen LogP contribution in [0, 0.1) is 5.92 Å². The first-order valence-electron chi connectivity index (χ1n) is 8.37. The molecule has 0 bridgehead atoms. The number of carbonyl (C=O) groups is 2. The third-order valence-electron chi connectivity index (χ3n) is 4.39. The molecule has 2 heterocycles. The maximum absolute atomic E-state index is 12.4. The van der Waals surface area contributed by atoms with E-state index < -0.39 is 6.04 Å². The summed E-state index contributed by atoms with van der Waals surface area (Å²) in [6.07, 6.45) is 2.26. The van der Waals surface area contributed by atoms with Crippen LogP contribution in [-0.2, 0) is 4.79 Å². The Morgan fingerprint density at radius 1 is 1.36 bits per heavy atom. The van der Waals surface area contributed by atoms with Gasteiger partial charge in [-0.05, 0) is 44.8 Å². The third kappa shape index (κ3) is 4.70. The Kier molecular flexibility index (Phi) is 6.78. The Labute approximate surface area is 152 Å². The van der Waals surface area contributed by atoms with E-state index in [0.717, 1.165) is 36.8 Å². The maximum atomic E-state index is 12.4. The number of fused-ring (bicyclic) bond motifs is 1. The Morgan fingerprint density at radius 2 is 2.16 bits per heavy atom. The van der Waals surface area contributed by atoms with Gasteiger partial charge < -0.3 is 16.0 Å². The highest BCUT2D eigenvalue weighted by molar-refractivity contribution is 6.05. The fourth-order valence-corrected chi connectivity index (χ4v) is 2.96. The van der Waals surface area contributed by atoms with Gasteiger partial charge in [-0.1, -0.05) is 18.2 Å². The van der Waals surface area contributed by atoms with Gasteiger partial charge in [0.05, 0.1) is 5.52 Å². The molecule has 136 valence electrons. The Hall–Kier alpha value is -2.12. The van der Waals surface area contributed by atoms with Crippen LogP contribution in [0.15, 0.2) is 24.3 Å². The highest BCUT2D eigenvalue weighted by atomic mass is 35.5. The number of hydrogen-bond donors (Lipinski definition) is 4. The average Bonchev–Trinajstić information content (AvgIpc) is 3.04. The first-order valence-corrected chi connectivity index (χ1v) is 8.37. The van der Waals surface area contributed by atoms with Gasteiger partial charge in [0.15, 0.2) is 5.69 Å². The van der Waals surface area contributed by atoms with Crippen LogP contribution in [0.2, 0.25) is 0 Å². The number of piperidine rings is 1. The van der Waals surface area contributed by atoms with Crippen molar-refractivity contribution in [3.8, 4) is 0 Å². The average molecular weight is 366 g/mol. The zero-order valence-electron chi connectivity index (χ0n) is 14.2. The van der Waals surface area contributed by atoms with E-state index in [9.17, 15) is 9.59 Å². The largest absolute Gasteiger partial charge is 0.354 e. The predicted molar refractivity (Wildman–Crippen MR) is 98.9 cm³/mol. The zero-order chi connectivity index (χ0) is 16.9. The van der Waals surface area contributed by atoms with Crippen LogP contribution < -0.4 is 16.0 Å². The first-order chi connectivity index (χ1) is 11.6. The van der Waals surface area contributed by atoms with Gasteiger partial charge in [-0.3, -0.25) is 14.7 Å². The van der Waals surface area contributed by atoms with Gasteiger partial charge >= 0.3 is 0 Å². The van der Waals surface area contributed by atoms with Crippen molar-refractivity contribution in [3.05, 3.63) is 30.0 Å². The predicted octanol–water partition coefficient (Wildman–Crippen LogP) is 1.22.